The minimum atomic E-state index is -0.800. The number of benzene rings is 2. The maximum absolute atomic E-state index is 13.3. The number of carbonyl (C=O) groups excluding carboxylic acids is 3. The van der Waals surface area contributed by atoms with Crippen LogP contribution in [0.4, 0.5) is 5.69 Å². The molecule has 1 atom stereocenters. The van der Waals surface area contributed by atoms with Crippen molar-refractivity contribution in [2.75, 3.05) is 4.90 Å². The molecule has 2 heterocycles. The fraction of sp³-hybridized carbons (Fsp3) is 0.276. The van der Waals surface area contributed by atoms with Gasteiger partial charge in [-0.3, -0.25) is 19.3 Å². The van der Waals surface area contributed by atoms with Crippen LogP contribution in [0.2, 0.25) is 0 Å². The Morgan fingerprint density at radius 3 is 2.35 bits per heavy atom. The van der Waals surface area contributed by atoms with Crippen LogP contribution in [0.3, 0.4) is 0 Å². The first-order chi connectivity index (χ1) is 17.7. The summed E-state index contributed by atoms with van der Waals surface area (Å²) in [4.78, 5) is 40.7. The minimum absolute atomic E-state index is 0.0127. The van der Waals surface area contributed by atoms with Crippen molar-refractivity contribution < 1.29 is 29.0 Å². The average Bonchev–Trinajstić information content (AvgIpc) is 3.45. The molecule has 0 aliphatic carbocycles. The van der Waals surface area contributed by atoms with Crippen molar-refractivity contribution >= 4 is 40.4 Å². The highest BCUT2D eigenvalue weighted by Gasteiger charge is 2.47. The number of amides is 1. The minimum Gasteiger partial charge on any atom is -0.507 e. The van der Waals surface area contributed by atoms with Crippen molar-refractivity contribution in [3.8, 4) is 5.75 Å². The number of esters is 1. The SMILES string of the molecule is CC(C)OC(=O)Cc1ccc(N2C(=O)C(=O)/C(=C(\O)c3cccc(OC(C)C)c3)C2c2cccs2)cc1. The van der Waals surface area contributed by atoms with Gasteiger partial charge in [-0.2, -0.15) is 0 Å². The van der Waals surface area contributed by atoms with E-state index in [-0.39, 0.29) is 35.9 Å². The molecular formula is C29H29NO6S. The zero-order valence-electron chi connectivity index (χ0n) is 21.1. The van der Waals surface area contributed by atoms with Crippen LogP contribution in [0.5, 0.6) is 5.75 Å². The van der Waals surface area contributed by atoms with Gasteiger partial charge >= 0.3 is 5.97 Å². The van der Waals surface area contributed by atoms with Crippen molar-refractivity contribution in [2.45, 2.75) is 52.4 Å². The van der Waals surface area contributed by atoms with Gasteiger partial charge in [-0.25, -0.2) is 0 Å². The Morgan fingerprint density at radius 2 is 1.73 bits per heavy atom. The fourth-order valence-electron chi connectivity index (χ4n) is 4.20. The number of ether oxygens (including phenoxy) is 2. The molecule has 192 valence electrons. The zero-order valence-corrected chi connectivity index (χ0v) is 22.0. The normalized spacial score (nSPS) is 17.0. The monoisotopic (exact) mass is 519 g/mol. The summed E-state index contributed by atoms with van der Waals surface area (Å²) in [6.07, 6.45) is -0.174. The fourth-order valence-corrected chi connectivity index (χ4v) is 5.03. The molecule has 1 saturated heterocycles. The van der Waals surface area contributed by atoms with Gasteiger partial charge in [-0.15, -0.1) is 11.3 Å². The van der Waals surface area contributed by atoms with Crippen molar-refractivity contribution in [1.29, 1.82) is 0 Å². The standard InChI is InChI=1S/C29H29NO6S/c1-17(2)35-22-8-5-7-20(16-22)27(32)25-26(23-9-6-14-37-23)30(29(34)28(25)33)21-12-10-19(11-13-21)15-24(31)36-18(3)4/h5-14,16-18,26,32H,15H2,1-4H3/b27-25-. The molecule has 1 aliphatic rings. The number of rotatable bonds is 8. The number of carbonyl (C=O) groups is 3. The van der Waals surface area contributed by atoms with Crippen LogP contribution in [0.25, 0.3) is 5.76 Å². The summed E-state index contributed by atoms with van der Waals surface area (Å²) in [6, 6.07) is 16.5. The van der Waals surface area contributed by atoms with Crippen molar-refractivity contribution in [3.63, 3.8) is 0 Å². The van der Waals surface area contributed by atoms with Gasteiger partial charge in [-0.1, -0.05) is 30.3 Å². The van der Waals surface area contributed by atoms with Crippen molar-refractivity contribution in [1.82, 2.24) is 0 Å². The molecule has 1 unspecified atom stereocenters. The van der Waals surface area contributed by atoms with Crippen molar-refractivity contribution in [2.24, 2.45) is 0 Å². The number of nitrogens with zero attached hydrogens (tertiary/aromatic N) is 1. The Hall–Kier alpha value is -3.91. The van der Waals surface area contributed by atoms with E-state index in [9.17, 15) is 19.5 Å². The van der Waals surface area contributed by atoms with E-state index in [0.717, 1.165) is 10.4 Å². The summed E-state index contributed by atoms with van der Waals surface area (Å²) in [5.74, 6) is -1.56. The molecule has 1 aliphatic heterocycles. The van der Waals surface area contributed by atoms with Crippen molar-refractivity contribution in [3.05, 3.63) is 87.6 Å². The molecule has 37 heavy (non-hydrogen) atoms. The Bertz CT molecular complexity index is 1320. The average molecular weight is 520 g/mol. The number of aliphatic hydroxyl groups is 1. The summed E-state index contributed by atoms with van der Waals surface area (Å²) >= 11 is 1.39. The second-order valence-corrected chi connectivity index (χ2v) is 10.2. The third-order valence-corrected chi connectivity index (χ3v) is 6.59. The van der Waals surface area contributed by atoms with Gasteiger partial charge in [-0.05, 0) is 69.0 Å². The molecule has 0 bridgehead atoms. The first-order valence-electron chi connectivity index (χ1n) is 12.1. The predicted molar refractivity (Wildman–Crippen MR) is 143 cm³/mol. The molecule has 2 aromatic carbocycles. The molecule has 1 aromatic heterocycles. The molecule has 0 spiro atoms. The molecule has 1 N–H and O–H groups in total. The largest absolute Gasteiger partial charge is 0.507 e. The zero-order chi connectivity index (χ0) is 26.7. The number of Topliss-reactive ketones (excluding diaryl/α,β-unsaturated/α-hetero) is 1. The number of hydrogen-bond acceptors (Lipinski definition) is 7. The van der Waals surface area contributed by atoms with Crippen LogP contribution in [-0.4, -0.2) is 35.0 Å². The lowest BCUT2D eigenvalue weighted by molar-refractivity contribution is -0.146. The van der Waals surface area contributed by atoms with E-state index in [1.807, 2.05) is 31.4 Å². The molecule has 0 radical (unpaired) electrons. The Kier molecular flexibility index (Phi) is 7.78. The van der Waals surface area contributed by atoms with Gasteiger partial charge in [0.1, 0.15) is 17.6 Å². The van der Waals surface area contributed by atoms with Gasteiger partial charge in [0.15, 0.2) is 0 Å². The lowest BCUT2D eigenvalue weighted by Gasteiger charge is -2.24. The molecule has 8 heteroatoms. The number of hydrogen-bond donors (Lipinski definition) is 1. The molecule has 3 aromatic rings. The third kappa shape index (κ3) is 5.75. The highest BCUT2D eigenvalue weighted by atomic mass is 32.1. The lowest BCUT2D eigenvalue weighted by atomic mass is 9.99. The van der Waals surface area contributed by atoms with Gasteiger partial charge in [0, 0.05) is 16.1 Å². The molecule has 7 nitrogen and oxygen atoms in total. The number of ketones is 1. The summed E-state index contributed by atoms with van der Waals surface area (Å²) in [6.45, 7) is 7.37. The Balaban J connectivity index is 1.73. The van der Waals surface area contributed by atoms with Crippen LogP contribution >= 0.6 is 11.3 Å². The topological polar surface area (TPSA) is 93.1 Å². The summed E-state index contributed by atoms with van der Waals surface area (Å²) < 4.78 is 10.9. The number of thiophene rings is 1. The van der Waals surface area contributed by atoms with E-state index in [4.69, 9.17) is 9.47 Å². The van der Waals surface area contributed by atoms with E-state index in [0.29, 0.717) is 17.0 Å². The Labute approximate surface area is 220 Å². The van der Waals surface area contributed by atoms with Gasteiger partial charge in [0.2, 0.25) is 0 Å². The molecular weight excluding hydrogens is 490 g/mol. The second kappa shape index (κ2) is 11.0. The van der Waals surface area contributed by atoms with Crippen LogP contribution in [0, 0.1) is 0 Å². The maximum atomic E-state index is 13.3. The smallest absolute Gasteiger partial charge is 0.310 e. The number of aliphatic hydroxyl groups excluding tert-OH is 1. The van der Waals surface area contributed by atoms with E-state index in [1.165, 1.54) is 16.2 Å². The molecule has 1 amide bonds. The van der Waals surface area contributed by atoms with E-state index >= 15 is 0 Å². The molecule has 1 fully saturated rings. The molecule has 4 rings (SSSR count). The third-order valence-electron chi connectivity index (χ3n) is 5.67. The second-order valence-electron chi connectivity index (χ2n) is 9.26. The Morgan fingerprint density at radius 1 is 1.00 bits per heavy atom. The highest BCUT2D eigenvalue weighted by Crippen LogP contribution is 2.43. The van der Waals surface area contributed by atoms with E-state index in [2.05, 4.69) is 0 Å². The first kappa shape index (κ1) is 26.2. The first-order valence-corrected chi connectivity index (χ1v) is 12.9. The summed E-state index contributed by atoms with van der Waals surface area (Å²) in [5, 5.41) is 13.2. The van der Waals surface area contributed by atoms with Gasteiger partial charge in [0.05, 0.1) is 24.2 Å². The number of anilines is 1. The van der Waals surface area contributed by atoms with Crippen LogP contribution in [0.15, 0.2) is 71.6 Å². The van der Waals surface area contributed by atoms with E-state index < -0.39 is 17.7 Å². The lowest BCUT2D eigenvalue weighted by Crippen LogP contribution is -2.29. The maximum Gasteiger partial charge on any atom is 0.310 e. The highest BCUT2D eigenvalue weighted by molar-refractivity contribution is 7.10. The van der Waals surface area contributed by atoms with Crippen LogP contribution < -0.4 is 9.64 Å². The summed E-state index contributed by atoms with van der Waals surface area (Å²) in [7, 11) is 0. The van der Waals surface area contributed by atoms with E-state index in [1.54, 1.807) is 62.4 Å². The quantitative estimate of drug-likeness (QED) is 0.179. The van der Waals surface area contributed by atoms with Gasteiger partial charge < -0.3 is 14.6 Å². The predicted octanol–water partition coefficient (Wildman–Crippen LogP) is 5.66. The van der Waals surface area contributed by atoms with Crippen LogP contribution in [0.1, 0.15) is 49.7 Å². The van der Waals surface area contributed by atoms with Crippen LogP contribution in [-0.2, 0) is 25.5 Å². The summed E-state index contributed by atoms with van der Waals surface area (Å²) in [5.41, 5.74) is 1.61. The van der Waals surface area contributed by atoms with Gasteiger partial charge in [0.25, 0.3) is 11.7 Å². The molecule has 0 saturated carbocycles.